The Balaban J connectivity index is 2.18. The molecule has 0 aromatic heterocycles. The van der Waals surface area contributed by atoms with E-state index >= 15 is 0 Å². The Labute approximate surface area is 74.0 Å². The predicted octanol–water partition coefficient (Wildman–Crippen LogP) is -1.78. The van der Waals surface area contributed by atoms with E-state index in [4.69, 9.17) is 5.73 Å². The number of alkyl halides is 2. The summed E-state index contributed by atoms with van der Waals surface area (Å²) in [4.78, 5) is 2.37. The summed E-state index contributed by atoms with van der Waals surface area (Å²) in [6.07, 6.45) is 5.43. The second-order valence-electron chi connectivity index (χ2n) is 3.21. The third kappa shape index (κ3) is 2.74. The SMILES string of the molecule is C[I-]CC1CCCC(N)C1. The molecule has 1 aliphatic carbocycles. The zero-order valence-corrected chi connectivity index (χ0v) is 8.80. The van der Waals surface area contributed by atoms with Crippen LogP contribution < -0.4 is 26.9 Å². The van der Waals surface area contributed by atoms with Crippen molar-refractivity contribution in [3.63, 3.8) is 0 Å². The first-order chi connectivity index (χ1) is 4.83. The van der Waals surface area contributed by atoms with Crippen molar-refractivity contribution < 1.29 is 21.2 Å². The molecule has 0 spiro atoms. The van der Waals surface area contributed by atoms with Gasteiger partial charge in [0.2, 0.25) is 0 Å². The standard InChI is InChI=1S/C8H17IN/c1-9-6-7-3-2-4-8(10)5-7/h7-8H,2-6,10H2,1H3/q-1. The van der Waals surface area contributed by atoms with Gasteiger partial charge in [0.15, 0.2) is 0 Å². The minimum atomic E-state index is 0.507. The Kier molecular flexibility index (Phi) is 3.99. The fourth-order valence-corrected chi connectivity index (χ4v) is 3.74. The van der Waals surface area contributed by atoms with Gasteiger partial charge in [0.1, 0.15) is 0 Å². The quantitative estimate of drug-likeness (QED) is 0.458. The number of hydrogen-bond donors (Lipinski definition) is 1. The van der Waals surface area contributed by atoms with Gasteiger partial charge in [-0.15, -0.1) is 0 Å². The summed E-state index contributed by atoms with van der Waals surface area (Å²) in [5.41, 5.74) is 5.87. The molecule has 1 saturated carbocycles. The summed E-state index contributed by atoms with van der Waals surface area (Å²) in [5.74, 6) is 1.00. The van der Waals surface area contributed by atoms with Crippen molar-refractivity contribution in [2.75, 3.05) is 9.36 Å². The van der Waals surface area contributed by atoms with E-state index in [1.165, 1.54) is 30.1 Å². The molecule has 0 aliphatic heterocycles. The van der Waals surface area contributed by atoms with Gasteiger partial charge in [-0.2, -0.15) is 0 Å². The van der Waals surface area contributed by atoms with Crippen LogP contribution in [0.2, 0.25) is 0 Å². The van der Waals surface area contributed by atoms with Gasteiger partial charge in [-0.05, 0) is 0 Å². The average Bonchev–Trinajstić information content (AvgIpc) is 1.88. The van der Waals surface area contributed by atoms with E-state index in [0.29, 0.717) is 27.2 Å². The van der Waals surface area contributed by atoms with Gasteiger partial charge < -0.3 is 0 Å². The van der Waals surface area contributed by atoms with Crippen molar-refractivity contribution in [1.29, 1.82) is 0 Å². The first kappa shape index (κ1) is 8.78. The van der Waals surface area contributed by atoms with Gasteiger partial charge in [-0.3, -0.25) is 0 Å². The molecule has 0 radical (unpaired) electrons. The molecule has 0 heterocycles. The molecule has 62 valence electrons. The van der Waals surface area contributed by atoms with E-state index < -0.39 is 0 Å². The van der Waals surface area contributed by atoms with Crippen LogP contribution in [0.1, 0.15) is 25.7 Å². The van der Waals surface area contributed by atoms with Gasteiger partial charge in [-0.25, -0.2) is 0 Å². The van der Waals surface area contributed by atoms with Crippen molar-refractivity contribution in [3.8, 4) is 0 Å². The Morgan fingerprint density at radius 3 is 2.90 bits per heavy atom. The van der Waals surface area contributed by atoms with Gasteiger partial charge >= 0.3 is 73.9 Å². The molecule has 0 saturated heterocycles. The van der Waals surface area contributed by atoms with E-state index in [0.717, 1.165) is 5.92 Å². The molecule has 1 rings (SSSR count). The monoisotopic (exact) mass is 254 g/mol. The first-order valence-electron chi connectivity index (χ1n) is 4.02. The van der Waals surface area contributed by atoms with Gasteiger partial charge in [0.05, 0.1) is 0 Å². The van der Waals surface area contributed by atoms with Crippen LogP contribution in [0.3, 0.4) is 0 Å². The zero-order chi connectivity index (χ0) is 7.40. The first-order valence-corrected chi connectivity index (χ1v) is 7.70. The third-order valence-corrected chi connectivity index (χ3v) is 4.32. The molecule has 0 bridgehead atoms. The molecular weight excluding hydrogens is 237 g/mol. The Morgan fingerprint density at radius 2 is 2.30 bits per heavy atom. The molecule has 1 fully saturated rings. The maximum absolute atomic E-state index is 5.87. The molecule has 0 aromatic carbocycles. The van der Waals surface area contributed by atoms with Gasteiger partial charge in [-0.1, -0.05) is 0 Å². The van der Waals surface area contributed by atoms with Crippen LogP contribution in [-0.2, 0) is 0 Å². The van der Waals surface area contributed by atoms with Crippen molar-refractivity contribution >= 4 is 0 Å². The third-order valence-electron chi connectivity index (χ3n) is 2.20. The topological polar surface area (TPSA) is 26.0 Å². The average molecular weight is 254 g/mol. The Bertz CT molecular complexity index is 93.3. The summed E-state index contributed by atoms with van der Waals surface area (Å²) in [6.45, 7) is 0. The van der Waals surface area contributed by atoms with Crippen LogP contribution in [0.25, 0.3) is 0 Å². The van der Waals surface area contributed by atoms with E-state index in [1.807, 2.05) is 0 Å². The van der Waals surface area contributed by atoms with E-state index in [2.05, 4.69) is 4.93 Å². The normalized spacial score (nSPS) is 34.6. The molecular formula is C8H17IN-. The van der Waals surface area contributed by atoms with E-state index in [-0.39, 0.29) is 0 Å². The van der Waals surface area contributed by atoms with Crippen LogP contribution in [0.4, 0.5) is 0 Å². The van der Waals surface area contributed by atoms with Crippen molar-refractivity contribution in [2.45, 2.75) is 31.7 Å². The maximum atomic E-state index is 5.87. The van der Waals surface area contributed by atoms with Crippen molar-refractivity contribution in [2.24, 2.45) is 11.7 Å². The minimum absolute atomic E-state index is 0.507. The van der Waals surface area contributed by atoms with Crippen LogP contribution in [0, 0.1) is 5.92 Å². The van der Waals surface area contributed by atoms with Crippen molar-refractivity contribution in [3.05, 3.63) is 0 Å². The fourth-order valence-electron chi connectivity index (χ4n) is 1.69. The number of nitrogens with two attached hydrogens (primary N) is 1. The van der Waals surface area contributed by atoms with Gasteiger partial charge in [0, 0.05) is 0 Å². The van der Waals surface area contributed by atoms with E-state index in [1.54, 1.807) is 0 Å². The second-order valence-corrected chi connectivity index (χ2v) is 5.62. The molecule has 2 atom stereocenters. The summed E-state index contributed by atoms with van der Waals surface area (Å²) in [5, 5.41) is 0. The number of halogens is 1. The molecule has 10 heavy (non-hydrogen) atoms. The fraction of sp³-hybridized carbons (Fsp3) is 1.00. The summed E-state index contributed by atoms with van der Waals surface area (Å²) >= 11 is 0.507. The Hall–Kier alpha value is 0.690. The van der Waals surface area contributed by atoms with Crippen LogP contribution >= 0.6 is 0 Å². The molecule has 2 unspecified atom stereocenters. The van der Waals surface area contributed by atoms with Crippen LogP contribution in [0.15, 0.2) is 0 Å². The summed E-state index contributed by atoms with van der Waals surface area (Å²) in [6, 6.07) is 0.536. The zero-order valence-electron chi connectivity index (χ0n) is 6.65. The number of hydrogen-bond acceptors (Lipinski definition) is 1. The summed E-state index contributed by atoms with van der Waals surface area (Å²) in [7, 11) is 0. The summed E-state index contributed by atoms with van der Waals surface area (Å²) < 4.78 is 1.51. The Morgan fingerprint density at radius 1 is 1.50 bits per heavy atom. The molecule has 1 nitrogen and oxygen atoms in total. The van der Waals surface area contributed by atoms with Crippen LogP contribution in [-0.4, -0.2) is 15.4 Å². The van der Waals surface area contributed by atoms with Crippen molar-refractivity contribution in [1.82, 2.24) is 0 Å². The van der Waals surface area contributed by atoms with Gasteiger partial charge in [0.25, 0.3) is 0 Å². The molecule has 2 N–H and O–H groups in total. The second kappa shape index (κ2) is 4.54. The van der Waals surface area contributed by atoms with E-state index in [9.17, 15) is 0 Å². The molecule has 0 amide bonds. The predicted molar refractivity (Wildman–Crippen MR) is 40.7 cm³/mol. The van der Waals surface area contributed by atoms with Crippen LogP contribution in [0.5, 0.6) is 0 Å². The molecule has 1 aliphatic rings. The molecule has 0 aromatic rings. The number of rotatable bonds is 2. The molecule has 2 heteroatoms.